The average molecular weight is 708 g/mol. The Hall–Kier alpha value is -6.75. The summed E-state index contributed by atoms with van der Waals surface area (Å²) in [5.41, 5.74) is 5.96. The number of rotatable bonds is 3. The Morgan fingerprint density at radius 3 is 1.22 bits per heavy atom. The fourth-order valence-electron chi connectivity index (χ4n) is 9.24. The van der Waals surface area contributed by atoms with Gasteiger partial charge in [-0.2, -0.15) is 0 Å². The molecule has 11 aromatic carbocycles. The van der Waals surface area contributed by atoms with Crippen LogP contribution in [0.1, 0.15) is 0 Å². The minimum Gasteiger partial charge on any atom is -0.308 e. The number of sulfone groups is 1. The van der Waals surface area contributed by atoms with Gasteiger partial charge in [-0.3, -0.25) is 0 Å². The maximum absolute atomic E-state index is 15.1. The lowest BCUT2D eigenvalue weighted by Gasteiger charge is -2.33. The van der Waals surface area contributed by atoms with Crippen LogP contribution in [0.2, 0.25) is 0 Å². The summed E-state index contributed by atoms with van der Waals surface area (Å²) < 4.78 is 30.2. The third-order valence-electron chi connectivity index (χ3n) is 11.7. The molecule has 0 fully saturated rings. The molecule has 12 rings (SSSR count). The molecule has 0 saturated carbocycles. The van der Waals surface area contributed by atoms with Gasteiger partial charge in [-0.25, -0.2) is 8.42 Å². The predicted molar refractivity (Wildman–Crippen MR) is 225 cm³/mol. The predicted octanol–water partition coefficient (Wildman–Crippen LogP) is 13.4. The molecule has 0 bridgehead atoms. The molecule has 0 spiro atoms. The number of hydrogen-bond donors (Lipinski definition) is 0. The van der Waals surface area contributed by atoms with Gasteiger partial charge in [-0.05, 0) is 123 Å². The molecular weight excluding hydrogens is 679 g/mol. The van der Waals surface area contributed by atoms with Gasteiger partial charge in [-0.15, -0.1) is 0 Å². The Labute approximate surface area is 311 Å². The number of fused-ring (bicyclic) bond motifs is 2. The maximum atomic E-state index is 15.1. The largest absolute Gasteiger partial charge is 0.308 e. The molecular formula is C50H29NO2S. The summed E-state index contributed by atoms with van der Waals surface area (Å²) in [5, 5.41) is 14.3. The minimum atomic E-state index is -3.95. The number of hydrogen-bond acceptors (Lipinski definition) is 3. The van der Waals surface area contributed by atoms with E-state index in [1.807, 2.05) is 54.6 Å². The van der Waals surface area contributed by atoms with Gasteiger partial charge < -0.3 is 4.90 Å². The van der Waals surface area contributed by atoms with Crippen LogP contribution in [-0.4, -0.2) is 8.42 Å². The highest BCUT2D eigenvalue weighted by atomic mass is 32.2. The average Bonchev–Trinajstić information content (AvgIpc) is 3.22. The third kappa shape index (κ3) is 3.98. The summed E-state index contributed by atoms with van der Waals surface area (Å²) in [4.78, 5) is 2.69. The first-order valence-corrected chi connectivity index (χ1v) is 19.7. The van der Waals surface area contributed by atoms with Crippen LogP contribution >= 0.6 is 0 Å². The molecule has 4 heteroatoms. The van der Waals surface area contributed by atoms with E-state index in [1.165, 1.54) is 53.9 Å². The first-order chi connectivity index (χ1) is 26.5. The van der Waals surface area contributed by atoms with E-state index in [0.29, 0.717) is 21.2 Å². The fraction of sp³-hybridized carbons (Fsp3) is 0. The van der Waals surface area contributed by atoms with Crippen LogP contribution in [-0.2, 0) is 9.84 Å². The summed E-state index contributed by atoms with van der Waals surface area (Å²) in [6.45, 7) is 0. The molecule has 1 aliphatic heterocycles. The van der Waals surface area contributed by atoms with Crippen molar-refractivity contribution in [3.05, 3.63) is 176 Å². The highest BCUT2D eigenvalue weighted by molar-refractivity contribution is 7.92. The second kappa shape index (κ2) is 10.7. The van der Waals surface area contributed by atoms with Gasteiger partial charge in [0.15, 0.2) is 0 Å². The van der Waals surface area contributed by atoms with Crippen molar-refractivity contribution in [3.8, 4) is 22.3 Å². The van der Waals surface area contributed by atoms with E-state index in [4.69, 9.17) is 0 Å². The molecule has 0 N–H and O–H groups in total. The first kappa shape index (κ1) is 29.8. The standard InChI is InChI=1S/C50H29NO2S/c52-54(53)45-28-36(39-22-16-34-14-12-30-6-4-8-32-18-24-41(39)49(34)47(30)32)20-26-43(45)51(38-10-2-1-3-11-38)44-27-21-37(29-46(44)54)40-23-17-35-15-13-31-7-5-9-33-19-25-42(40)50(35)48(31)33/h1-29H. The van der Waals surface area contributed by atoms with Crippen molar-refractivity contribution in [1.82, 2.24) is 0 Å². The van der Waals surface area contributed by atoms with E-state index >= 15 is 8.42 Å². The Balaban J connectivity index is 1.08. The lowest BCUT2D eigenvalue weighted by molar-refractivity contribution is 0.595. The SMILES string of the molecule is O=S1(=O)c2cc(-c3ccc4ccc5cccc6ccc3c4c56)ccc2N(c2ccccc2)c2ccc(-c3ccc4ccc5cccc6ccc3c4c56)cc21. The van der Waals surface area contributed by atoms with Gasteiger partial charge in [0.05, 0.1) is 21.2 Å². The van der Waals surface area contributed by atoms with Gasteiger partial charge in [0, 0.05) is 5.69 Å². The van der Waals surface area contributed by atoms with E-state index < -0.39 is 9.84 Å². The smallest absolute Gasteiger partial charge is 0.210 e. The van der Waals surface area contributed by atoms with Crippen molar-refractivity contribution >= 4 is 91.5 Å². The van der Waals surface area contributed by atoms with Crippen molar-refractivity contribution in [2.24, 2.45) is 0 Å². The van der Waals surface area contributed by atoms with Crippen LogP contribution in [0.4, 0.5) is 17.1 Å². The van der Waals surface area contributed by atoms with Crippen LogP contribution in [0.5, 0.6) is 0 Å². The molecule has 0 atom stereocenters. The zero-order valence-electron chi connectivity index (χ0n) is 28.9. The van der Waals surface area contributed by atoms with Crippen LogP contribution in [0, 0.1) is 0 Å². The first-order valence-electron chi connectivity index (χ1n) is 18.3. The molecule has 0 unspecified atom stereocenters. The topological polar surface area (TPSA) is 37.4 Å². The maximum Gasteiger partial charge on any atom is 0.210 e. The molecule has 0 aliphatic carbocycles. The monoisotopic (exact) mass is 707 g/mol. The van der Waals surface area contributed by atoms with Crippen molar-refractivity contribution in [3.63, 3.8) is 0 Å². The van der Waals surface area contributed by atoms with Crippen LogP contribution in [0.15, 0.2) is 186 Å². The summed E-state index contributed by atoms with van der Waals surface area (Å²) in [7, 11) is -3.95. The Morgan fingerprint density at radius 2 is 0.759 bits per heavy atom. The van der Waals surface area contributed by atoms with E-state index in [9.17, 15) is 0 Å². The lowest BCUT2D eigenvalue weighted by atomic mass is 9.89. The summed E-state index contributed by atoms with van der Waals surface area (Å²) >= 11 is 0. The second-order valence-electron chi connectivity index (χ2n) is 14.5. The molecule has 1 aliphatic rings. The third-order valence-corrected chi connectivity index (χ3v) is 13.5. The molecule has 11 aromatic rings. The molecule has 54 heavy (non-hydrogen) atoms. The summed E-state index contributed by atoms with van der Waals surface area (Å²) in [6.07, 6.45) is 0. The summed E-state index contributed by atoms with van der Waals surface area (Å²) in [5.74, 6) is 0. The quantitative estimate of drug-likeness (QED) is 0.172. The van der Waals surface area contributed by atoms with Gasteiger partial charge >= 0.3 is 0 Å². The molecule has 252 valence electrons. The van der Waals surface area contributed by atoms with Crippen LogP contribution < -0.4 is 4.90 Å². The molecule has 0 radical (unpaired) electrons. The van der Waals surface area contributed by atoms with Crippen molar-refractivity contribution in [2.75, 3.05) is 4.90 Å². The van der Waals surface area contributed by atoms with Gasteiger partial charge in [-0.1, -0.05) is 140 Å². The van der Waals surface area contributed by atoms with Crippen molar-refractivity contribution < 1.29 is 8.42 Å². The van der Waals surface area contributed by atoms with E-state index in [-0.39, 0.29) is 0 Å². The van der Waals surface area contributed by atoms with E-state index in [0.717, 1.165) is 38.7 Å². The number of benzene rings is 11. The Kier molecular flexibility index (Phi) is 5.88. The zero-order chi connectivity index (χ0) is 35.7. The highest BCUT2D eigenvalue weighted by Gasteiger charge is 2.36. The molecule has 0 amide bonds. The van der Waals surface area contributed by atoms with Crippen LogP contribution in [0.25, 0.3) is 86.9 Å². The van der Waals surface area contributed by atoms with Crippen LogP contribution in [0.3, 0.4) is 0 Å². The number of para-hydroxylation sites is 1. The van der Waals surface area contributed by atoms with Gasteiger partial charge in [0.2, 0.25) is 9.84 Å². The van der Waals surface area contributed by atoms with Crippen molar-refractivity contribution in [1.29, 1.82) is 0 Å². The normalized spacial score (nSPS) is 13.8. The number of nitrogens with zero attached hydrogens (tertiary/aromatic N) is 1. The minimum absolute atomic E-state index is 0.301. The van der Waals surface area contributed by atoms with Gasteiger partial charge in [0.25, 0.3) is 0 Å². The Morgan fingerprint density at radius 1 is 0.352 bits per heavy atom. The molecule has 3 nitrogen and oxygen atoms in total. The molecule has 0 saturated heterocycles. The van der Waals surface area contributed by atoms with Gasteiger partial charge in [0.1, 0.15) is 0 Å². The zero-order valence-corrected chi connectivity index (χ0v) is 29.7. The highest BCUT2D eigenvalue weighted by Crippen LogP contribution is 2.51. The lowest BCUT2D eigenvalue weighted by Crippen LogP contribution is -2.22. The van der Waals surface area contributed by atoms with E-state index in [1.54, 1.807) is 0 Å². The fourth-order valence-corrected chi connectivity index (χ4v) is 10.9. The Bertz CT molecular complexity index is 3220. The number of anilines is 3. The molecule has 0 aromatic heterocycles. The molecule has 1 heterocycles. The summed E-state index contributed by atoms with van der Waals surface area (Å²) in [6, 6.07) is 60.8. The van der Waals surface area contributed by atoms with E-state index in [2.05, 4.69) is 126 Å². The second-order valence-corrected chi connectivity index (χ2v) is 16.4. The van der Waals surface area contributed by atoms with Crippen molar-refractivity contribution in [2.45, 2.75) is 9.79 Å².